The Morgan fingerprint density at radius 3 is 2.50 bits per heavy atom. The summed E-state index contributed by atoms with van der Waals surface area (Å²) in [5.41, 5.74) is 2.44. The molecule has 0 radical (unpaired) electrons. The first kappa shape index (κ1) is 25.3. The van der Waals surface area contributed by atoms with Crippen molar-refractivity contribution in [2.24, 2.45) is 0 Å². The SMILES string of the molecule is Cc1ccc2nc(N(CC3CCCO3)C(=O)c3ccc(S(=O)(=O)N(C)C4CCCCC4)cc3)sc2c1. The quantitative estimate of drug-likeness (QED) is 0.412. The van der Waals surface area contributed by atoms with E-state index in [0.29, 0.717) is 23.8 Å². The topological polar surface area (TPSA) is 79.8 Å². The molecule has 1 aliphatic heterocycles. The molecule has 1 unspecified atom stereocenters. The van der Waals surface area contributed by atoms with Crippen molar-refractivity contribution in [1.82, 2.24) is 9.29 Å². The highest BCUT2D eigenvalue weighted by atomic mass is 32.2. The lowest BCUT2D eigenvalue weighted by atomic mass is 9.96. The Morgan fingerprint density at radius 2 is 1.81 bits per heavy atom. The van der Waals surface area contributed by atoms with Crippen LogP contribution in [0.5, 0.6) is 0 Å². The zero-order chi connectivity index (χ0) is 25.3. The number of aromatic nitrogens is 1. The average molecular weight is 528 g/mol. The summed E-state index contributed by atoms with van der Waals surface area (Å²) in [7, 11) is -1.95. The van der Waals surface area contributed by atoms with Gasteiger partial charge in [-0.1, -0.05) is 36.7 Å². The molecule has 1 amide bonds. The Balaban J connectivity index is 1.41. The van der Waals surface area contributed by atoms with Gasteiger partial charge in [-0.25, -0.2) is 13.4 Å². The largest absolute Gasteiger partial charge is 0.376 e. The number of sulfonamides is 1. The highest BCUT2D eigenvalue weighted by Crippen LogP contribution is 2.32. The number of anilines is 1. The number of rotatable bonds is 7. The Morgan fingerprint density at radius 1 is 1.06 bits per heavy atom. The molecular weight excluding hydrogens is 494 g/mol. The molecule has 1 atom stereocenters. The number of thiazole rings is 1. The van der Waals surface area contributed by atoms with Crippen LogP contribution in [0.25, 0.3) is 10.2 Å². The maximum absolute atomic E-state index is 13.7. The van der Waals surface area contributed by atoms with Crippen LogP contribution in [0.4, 0.5) is 5.13 Å². The Hall–Kier alpha value is -2.33. The third-order valence-corrected chi connectivity index (χ3v) is 10.3. The van der Waals surface area contributed by atoms with Crippen LogP contribution in [0.1, 0.15) is 60.9 Å². The summed E-state index contributed by atoms with van der Waals surface area (Å²) >= 11 is 1.49. The van der Waals surface area contributed by atoms with Gasteiger partial charge in [-0.2, -0.15) is 4.31 Å². The van der Waals surface area contributed by atoms with E-state index >= 15 is 0 Å². The summed E-state index contributed by atoms with van der Waals surface area (Å²) in [5, 5.41) is 0.629. The summed E-state index contributed by atoms with van der Waals surface area (Å²) in [6.07, 6.45) is 6.92. The monoisotopic (exact) mass is 527 g/mol. The Kier molecular flexibility index (Phi) is 7.44. The van der Waals surface area contributed by atoms with Crippen molar-refractivity contribution < 1.29 is 17.9 Å². The summed E-state index contributed by atoms with van der Waals surface area (Å²) in [5.74, 6) is -0.203. The molecule has 1 saturated carbocycles. The van der Waals surface area contributed by atoms with E-state index in [2.05, 4.69) is 6.07 Å². The molecule has 0 N–H and O–H groups in total. The molecule has 1 saturated heterocycles. The number of fused-ring (bicyclic) bond motifs is 1. The number of carbonyl (C=O) groups is 1. The van der Waals surface area contributed by atoms with Crippen LogP contribution in [0.3, 0.4) is 0 Å². The second kappa shape index (κ2) is 10.6. The van der Waals surface area contributed by atoms with Crippen LogP contribution in [-0.2, 0) is 14.8 Å². The number of aryl methyl sites for hydroxylation is 1. The number of ether oxygens (including phenoxy) is 1. The van der Waals surface area contributed by atoms with Gasteiger partial charge in [0.25, 0.3) is 5.91 Å². The molecule has 2 fully saturated rings. The van der Waals surface area contributed by atoms with Gasteiger partial charge in [0.05, 0.1) is 27.8 Å². The van der Waals surface area contributed by atoms with Gasteiger partial charge in [0, 0.05) is 25.3 Å². The fraction of sp³-hybridized carbons (Fsp3) is 0.481. The van der Waals surface area contributed by atoms with Gasteiger partial charge in [0.1, 0.15) is 0 Å². The first-order valence-corrected chi connectivity index (χ1v) is 15.0. The molecule has 7 nitrogen and oxygen atoms in total. The van der Waals surface area contributed by atoms with Crippen LogP contribution in [0.2, 0.25) is 0 Å². The molecule has 1 aliphatic carbocycles. The molecule has 3 aromatic rings. The maximum Gasteiger partial charge on any atom is 0.260 e. The van der Waals surface area contributed by atoms with Gasteiger partial charge in [-0.05, 0) is 74.6 Å². The van der Waals surface area contributed by atoms with Crippen LogP contribution in [0.15, 0.2) is 47.4 Å². The minimum absolute atomic E-state index is 0.0357. The number of nitrogens with zero attached hydrogens (tertiary/aromatic N) is 3. The Bertz CT molecular complexity index is 1320. The second-order valence-corrected chi connectivity index (χ2v) is 12.9. The van der Waals surface area contributed by atoms with Gasteiger partial charge >= 0.3 is 0 Å². The predicted molar refractivity (Wildman–Crippen MR) is 143 cm³/mol. The lowest BCUT2D eigenvalue weighted by molar-refractivity contribution is 0.0917. The lowest BCUT2D eigenvalue weighted by Gasteiger charge is -2.30. The third-order valence-electron chi connectivity index (χ3n) is 7.29. The molecule has 5 rings (SSSR count). The van der Waals surface area contributed by atoms with Crippen molar-refractivity contribution in [3.63, 3.8) is 0 Å². The Labute approximate surface area is 217 Å². The maximum atomic E-state index is 13.7. The van der Waals surface area contributed by atoms with Crippen LogP contribution in [-0.4, -0.2) is 56.0 Å². The van der Waals surface area contributed by atoms with E-state index in [-0.39, 0.29) is 22.9 Å². The van der Waals surface area contributed by atoms with Gasteiger partial charge in [0.2, 0.25) is 10.0 Å². The smallest absolute Gasteiger partial charge is 0.260 e. The molecule has 36 heavy (non-hydrogen) atoms. The normalized spacial score (nSPS) is 19.2. The van der Waals surface area contributed by atoms with Crippen LogP contribution >= 0.6 is 11.3 Å². The van der Waals surface area contributed by atoms with Crippen molar-refractivity contribution in [1.29, 1.82) is 0 Å². The van der Waals surface area contributed by atoms with Crippen molar-refractivity contribution in [2.75, 3.05) is 25.1 Å². The standard InChI is InChI=1S/C27H33N3O4S2/c1-19-10-15-24-25(17-19)35-27(28-24)30(18-22-9-6-16-34-22)26(31)20-11-13-23(14-12-20)36(32,33)29(2)21-7-4-3-5-8-21/h10-15,17,21-22H,3-9,16,18H2,1-2H3. The number of amides is 1. The van der Waals surface area contributed by atoms with Crippen LogP contribution in [0, 0.1) is 6.92 Å². The van der Waals surface area contributed by atoms with E-state index < -0.39 is 10.0 Å². The van der Waals surface area contributed by atoms with E-state index in [0.717, 1.165) is 60.7 Å². The van der Waals surface area contributed by atoms with Crippen molar-refractivity contribution >= 4 is 42.6 Å². The highest BCUT2D eigenvalue weighted by Gasteiger charge is 2.30. The number of hydrogen-bond acceptors (Lipinski definition) is 6. The van der Waals surface area contributed by atoms with Crippen molar-refractivity contribution in [2.45, 2.75) is 68.9 Å². The average Bonchev–Trinajstić information content (AvgIpc) is 3.56. The van der Waals surface area contributed by atoms with Gasteiger partial charge < -0.3 is 4.74 Å². The molecule has 192 valence electrons. The molecule has 0 bridgehead atoms. The number of hydrogen-bond donors (Lipinski definition) is 0. The lowest BCUT2D eigenvalue weighted by Crippen LogP contribution is -2.38. The highest BCUT2D eigenvalue weighted by molar-refractivity contribution is 7.89. The fourth-order valence-electron chi connectivity index (χ4n) is 5.11. The zero-order valence-corrected chi connectivity index (χ0v) is 22.5. The van der Waals surface area contributed by atoms with E-state index in [1.165, 1.54) is 15.6 Å². The summed E-state index contributed by atoms with van der Waals surface area (Å²) < 4.78 is 34.8. The minimum atomic E-state index is -3.62. The van der Waals surface area contributed by atoms with Gasteiger partial charge in [-0.15, -0.1) is 0 Å². The van der Waals surface area contributed by atoms with E-state index in [9.17, 15) is 13.2 Å². The zero-order valence-electron chi connectivity index (χ0n) is 20.9. The van der Waals surface area contributed by atoms with Gasteiger partial charge in [0.15, 0.2) is 5.13 Å². The fourth-order valence-corrected chi connectivity index (χ4v) is 7.59. The second-order valence-electron chi connectivity index (χ2n) is 9.86. The van der Waals surface area contributed by atoms with E-state index in [4.69, 9.17) is 9.72 Å². The van der Waals surface area contributed by atoms with E-state index in [1.807, 2.05) is 19.1 Å². The molecular formula is C27H33N3O4S2. The first-order valence-electron chi connectivity index (χ1n) is 12.7. The summed E-state index contributed by atoms with van der Waals surface area (Å²) in [6.45, 7) is 3.16. The van der Waals surface area contributed by atoms with Gasteiger partial charge in [-0.3, -0.25) is 9.69 Å². The molecule has 9 heteroatoms. The summed E-state index contributed by atoms with van der Waals surface area (Å²) in [4.78, 5) is 20.3. The minimum Gasteiger partial charge on any atom is -0.376 e. The van der Waals surface area contributed by atoms with Crippen LogP contribution < -0.4 is 4.90 Å². The number of carbonyl (C=O) groups excluding carboxylic acids is 1. The molecule has 0 spiro atoms. The first-order chi connectivity index (χ1) is 17.3. The van der Waals surface area contributed by atoms with Crippen molar-refractivity contribution in [3.05, 3.63) is 53.6 Å². The van der Waals surface area contributed by atoms with E-state index in [1.54, 1.807) is 36.2 Å². The molecule has 2 aromatic carbocycles. The van der Waals surface area contributed by atoms with Crippen molar-refractivity contribution in [3.8, 4) is 0 Å². The molecule has 2 aliphatic rings. The molecule has 1 aromatic heterocycles. The number of benzene rings is 2. The summed E-state index contributed by atoms with van der Waals surface area (Å²) in [6, 6.07) is 12.4. The third kappa shape index (κ3) is 5.20. The molecule has 2 heterocycles. The predicted octanol–water partition coefficient (Wildman–Crippen LogP) is 5.38.